The molecule has 0 radical (unpaired) electrons. The first kappa shape index (κ1) is 12.3. The molecule has 4 atom stereocenters. The van der Waals surface area contributed by atoms with Crippen molar-refractivity contribution in [1.82, 2.24) is 0 Å². The summed E-state index contributed by atoms with van der Waals surface area (Å²) in [5.41, 5.74) is 1.45. The molecule has 1 spiro atoms. The Balaban J connectivity index is 1.87. The van der Waals surface area contributed by atoms with Crippen molar-refractivity contribution in [3.8, 4) is 11.5 Å². The molecule has 0 N–H and O–H groups in total. The minimum Gasteiger partial charge on any atom is -0.493 e. The standard InChI is InChI=1S/C17H14O5/c1-20-11-5-2-8-6-12-9-3-4-10(18)16-17(9,7-13(19)21-12)14(8)15(11)22-16/h2-5,9,12,16H,6-7H2,1H3/t9-,12+,16-,17-/m1/s1. The van der Waals surface area contributed by atoms with Gasteiger partial charge in [0.15, 0.2) is 23.4 Å². The number of hydrogen-bond acceptors (Lipinski definition) is 5. The Kier molecular flexibility index (Phi) is 2.07. The van der Waals surface area contributed by atoms with Crippen molar-refractivity contribution in [2.75, 3.05) is 7.11 Å². The van der Waals surface area contributed by atoms with Gasteiger partial charge in [-0.3, -0.25) is 9.59 Å². The van der Waals surface area contributed by atoms with Crippen LogP contribution in [0.3, 0.4) is 0 Å². The number of carbonyl (C=O) groups excluding carboxylic acids is 2. The fourth-order valence-corrected chi connectivity index (χ4v) is 4.69. The van der Waals surface area contributed by atoms with Crippen molar-refractivity contribution >= 4 is 11.8 Å². The second-order valence-corrected chi connectivity index (χ2v) is 6.37. The molecule has 1 aromatic carbocycles. The van der Waals surface area contributed by atoms with Crippen LogP contribution in [0, 0.1) is 5.92 Å². The van der Waals surface area contributed by atoms with E-state index in [4.69, 9.17) is 14.2 Å². The molecule has 0 aromatic heterocycles. The third-order valence-electron chi connectivity index (χ3n) is 5.46. The summed E-state index contributed by atoms with van der Waals surface area (Å²) in [6.07, 6.45) is 3.44. The second-order valence-electron chi connectivity index (χ2n) is 6.37. The number of hydrogen-bond donors (Lipinski definition) is 0. The van der Waals surface area contributed by atoms with E-state index in [1.807, 2.05) is 18.2 Å². The Morgan fingerprint density at radius 3 is 2.95 bits per heavy atom. The maximum atomic E-state index is 12.4. The van der Waals surface area contributed by atoms with Crippen LogP contribution < -0.4 is 9.47 Å². The second kappa shape index (κ2) is 3.72. The monoisotopic (exact) mass is 298 g/mol. The molecule has 5 heteroatoms. The summed E-state index contributed by atoms with van der Waals surface area (Å²) in [6.45, 7) is 0. The fourth-order valence-electron chi connectivity index (χ4n) is 4.69. The van der Waals surface area contributed by atoms with Crippen molar-refractivity contribution < 1.29 is 23.8 Å². The van der Waals surface area contributed by atoms with Gasteiger partial charge in [0.05, 0.1) is 18.9 Å². The summed E-state index contributed by atoms with van der Waals surface area (Å²) < 4.78 is 17.0. The Morgan fingerprint density at radius 2 is 2.14 bits per heavy atom. The Morgan fingerprint density at radius 1 is 1.27 bits per heavy atom. The summed E-state index contributed by atoms with van der Waals surface area (Å²) >= 11 is 0. The molecular weight excluding hydrogens is 284 g/mol. The normalized spacial score (nSPS) is 36.5. The van der Waals surface area contributed by atoms with Gasteiger partial charge in [0.1, 0.15) is 6.10 Å². The maximum absolute atomic E-state index is 12.4. The highest BCUT2D eigenvalue weighted by Gasteiger charge is 2.66. The molecule has 0 unspecified atom stereocenters. The van der Waals surface area contributed by atoms with Crippen molar-refractivity contribution in [3.05, 3.63) is 35.4 Å². The number of ether oxygens (including phenoxy) is 3. The van der Waals surface area contributed by atoms with E-state index >= 15 is 0 Å². The number of benzene rings is 1. The average molecular weight is 298 g/mol. The van der Waals surface area contributed by atoms with Crippen LogP contribution in [0.25, 0.3) is 0 Å². The Hall–Kier alpha value is -2.30. The third kappa shape index (κ3) is 1.18. The van der Waals surface area contributed by atoms with Crippen LogP contribution in [0.1, 0.15) is 17.5 Å². The summed E-state index contributed by atoms with van der Waals surface area (Å²) in [5.74, 6) is 0.899. The fraction of sp³-hybridized carbons (Fsp3) is 0.412. The Bertz CT molecular complexity index is 765. The smallest absolute Gasteiger partial charge is 0.307 e. The molecule has 1 fully saturated rings. The number of rotatable bonds is 1. The average Bonchev–Trinajstić information content (AvgIpc) is 2.82. The van der Waals surface area contributed by atoms with Gasteiger partial charge in [0.25, 0.3) is 0 Å². The van der Waals surface area contributed by atoms with Crippen LogP contribution in [-0.2, 0) is 26.2 Å². The molecule has 2 heterocycles. The van der Waals surface area contributed by atoms with E-state index in [9.17, 15) is 9.59 Å². The van der Waals surface area contributed by atoms with Gasteiger partial charge in [0.2, 0.25) is 0 Å². The highest BCUT2D eigenvalue weighted by molar-refractivity contribution is 5.99. The number of ketones is 1. The summed E-state index contributed by atoms with van der Waals surface area (Å²) in [6, 6.07) is 3.86. The highest BCUT2D eigenvalue weighted by atomic mass is 16.6. The van der Waals surface area contributed by atoms with Gasteiger partial charge in [0, 0.05) is 17.9 Å². The van der Waals surface area contributed by atoms with Gasteiger partial charge in [-0.1, -0.05) is 12.1 Å². The van der Waals surface area contributed by atoms with E-state index in [1.165, 1.54) is 0 Å². The van der Waals surface area contributed by atoms with E-state index in [-0.39, 0.29) is 30.2 Å². The van der Waals surface area contributed by atoms with Gasteiger partial charge < -0.3 is 14.2 Å². The predicted molar refractivity (Wildman–Crippen MR) is 74.9 cm³/mol. The van der Waals surface area contributed by atoms with Gasteiger partial charge in [-0.25, -0.2) is 0 Å². The first-order chi connectivity index (χ1) is 10.6. The van der Waals surface area contributed by atoms with Crippen LogP contribution in [0.2, 0.25) is 0 Å². The highest BCUT2D eigenvalue weighted by Crippen LogP contribution is 2.61. The molecule has 2 bridgehead atoms. The SMILES string of the molecule is COc1ccc2c3c1O[C@@H]1C(=O)C=C[C@@H]4[C@H](C2)OC(=O)C[C@@]314. The number of methoxy groups -OCH3 is 1. The van der Waals surface area contributed by atoms with E-state index in [0.29, 0.717) is 17.9 Å². The lowest BCUT2D eigenvalue weighted by atomic mass is 9.55. The molecule has 4 aliphatic rings. The lowest BCUT2D eigenvalue weighted by molar-refractivity contribution is -0.168. The molecule has 1 saturated heterocycles. The van der Waals surface area contributed by atoms with E-state index < -0.39 is 11.5 Å². The van der Waals surface area contributed by atoms with Gasteiger partial charge in [-0.15, -0.1) is 0 Å². The molecule has 2 aliphatic carbocycles. The van der Waals surface area contributed by atoms with Gasteiger partial charge >= 0.3 is 5.97 Å². The summed E-state index contributed by atoms with van der Waals surface area (Å²) in [7, 11) is 1.58. The summed E-state index contributed by atoms with van der Waals surface area (Å²) in [5, 5.41) is 0. The minimum atomic E-state index is -0.650. The lowest BCUT2D eigenvalue weighted by Gasteiger charge is -2.50. The van der Waals surface area contributed by atoms with E-state index in [1.54, 1.807) is 13.2 Å². The molecule has 5 nitrogen and oxygen atoms in total. The first-order valence-corrected chi connectivity index (χ1v) is 7.43. The largest absolute Gasteiger partial charge is 0.493 e. The quantitative estimate of drug-likeness (QED) is 0.732. The predicted octanol–water partition coefficient (Wildman–Crippen LogP) is 1.32. The van der Waals surface area contributed by atoms with Crippen LogP contribution in [-0.4, -0.2) is 31.1 Å². The van der Waals surface area contributed by atoms with Crippen molar-refractivity contribution in [1.29, 1.82) is 0 Å². The lowest BCUT2D eigenvalue weighted by Crippen LogP contribution is -2.61. The number of esters is 1. The molecular formula is C17H14O5. The zero-order chi connectivity index (χ0) is 15.1. The molecule has 112 valence electrons. The zero-order valence-corrected chi connectivity index (χ0v) is 12.0. The third-order valence-corrected chi connectivity index (χ3v) is 5.46. The van der Waals surface area contributed by atoms with Gasteiger partial charge in [-0.05, 0) is 17.7 Å². The van der Waals surface area contributed by atoms with Crippen LogP contribution in [0.5, 0.6) is 11.5 Å². The van der Waals surface area contributed by atoms with E-state index in [0.717, 1.165) is 11.1 Å². The van der Waals surface area contributed by atoms with Crippen LogP contribution in [0.15, 0.2) is 24.3 Å². The Labute approximate surface area is 126 Å². The van der Waals surface area contributed by atoms with Crippen molar-refractivity contribution in [2.45, 2.75) is 30.5 Å². The molecule has 2 aliphatic heterocycles. The zero-order valence-electron chi connectivity index (χ0n) is 12.0. The van der Waals surface area contributed by atoms with Crippen LogP contribution in [0.4, 0.5) is 0 Å². The summed E-state index contributed by atoms with van der Waals surface area (Å²) in [4.78, 5) is 24.5. The van der Waals surface area contributed by atoms with Crippen molar-refractivity contribution in [3.63, 3.8) is 0 Å². The van der Waals surface area contributed by atoms with E-state index in [2.05, 4.69) is 0 Å². The minimum absolute atomic E-state index is 0.00578. The molecule has 1 aromatic rings. The molecule has 5 rings (SSSR count). The topological polar surface area (TPSA) is 61.8 Å². The molecule has 0 amide bonds. The number of carbonyl (C=O) groups is 2. The molecule has 22 heavy (non-hydrogen) atoms. The van der Waals surface area contributed by atoms with Gasteiger partial charge in [-0.2, -0.15) is 0 Å². The van der Waals surface area contributed by atoms with Crippen LogP contribution >= 0.6 is 0 Å². The maximum Gasteiger partial charge on any atom is 0.307 e. The molecule has 0 saturated carbocycles. The first-order valence-electron chi connectivity index (χ1n) is 7.43. The van der Waals surface area contributed by atoms with Crippen molar-refractivity contribution in [2.24, 2.45) is 5.92 Å².